The summed E-state index contributed by atoms with van der Waals surface area (Å²) < 4.78 is 5.82. The SMILES string of the molecule is CCN1CCN(c2nc3cc(N)ccc3o2)CC1C. The first kappa shape index (κ1) is 12.3. The smallest absolute Gasteiger partial charge is 0.298 e. The molecule has 102 valence electrons. The van der Waals surface area contributed by atoms with Crippen LogP contribution in [-0.4, -0.2) is 42.1 Å². The van der Waals surface area contributed by atoms with Crippen molar-refractivity contribution in [3.8, 4) is 0 Å². The van der Waals surface area contributed by atoms with Crippen LogP contribution in [0, 0.1) is 0 Å². The van der Waals surface area contributed by atoms with Crippen LogP contribution in [-0.2, 0) is 0 Å². The van der Waals surface area contributed by atoms with E-state index in [9.17, 15) is 0 Å². The summed E-state index contributed by atoms with van der Waals surface area (Å²) in [6, 6.07) is 6.82. The molecule has 1 fully saturated rings. The molecule has 2 heterocycles. The van der Waals surface area contributed by atoms with Crippen molar-refractivity contribution in [1.29, 1.82) is 0 Å². The predicted octanol–water partition coefficient (Wildman–Crippen LogP) is 1.94. The Morgan fingerprint density at radius 3 is 3.00 bits per heavy atom. The van der Waals surface area contributed by atoms with Gasteiger partial charge >= 0.3 is 0 Å². The zero-order chi connectivity index (χ0) is 13.4. The third-order valence-corrected chi connectivity index (χ3v) is 3.84. The Balaban J connectivity index is 1.84. The Labute approximate surface area is 113 Å². The second-order valence-corrected chi connectivity index (χ2v) is 5.15. The summed E-state index contributed by atoms with van der Waals surface area (Å²) in [4.78, 5) is 9.23. The molecule has 0 saturated carbocycles. The predicted molar refractivity (Wildman–Crippen MR) is 77.3 cm³/mol. The van der Waals surface area contributed by atoms with Gasteiger partial charge in [0.25, 0.3) is 6.01 Å². The van der Waals surface area contributed by atoms with Crippen LogP contribution in [0.1, 0.15) is 13.8 Å². The second-order valence-electron chi connectivity index (χ2n) is 5.15. The van der Waals surface area contributed by atoms with Crippen LogP contribution >= 0.6 is 0 Å². The first-order valence-electron chi connectivity index (χ1n) is 6.82. The Bertz CT molecular complexity index is 580. The number of hydrogen-bond acceptors (Lipinski definition) is 5. The summed E-state index contributed by atoms with van der Waals surface area (Å²) in [5, 5.41) is 0. The molecule has 1 aromatic heterocycles. The van der Waals surface area contributed by atoms with E-state index in [0.29, 0.717) is 12.1 Å². The molecular formula is C14H20N4O. The van der Waals surface area contributed by atoms with Crippen molar-refractivity contribution in [2.24, 2.45) is 0 Å². The van der Waals surface area contributed by atoms with Crippen molar-refractivity contribution >= 4 is 22.8 Å². The van der Waals surface area contributed by atoms with Crippen molar-refractivity contribution in [1.82, 2.24) is 9.88 Å². The van der Waals surface area contributed by atoms with Crippen LogP contribution in [0.5, 0.6) is 0 Å². The van der Waals surface area contributed by atoms with E-state index in [1.165, 1.54) is 0 Å². The lowest BCUT2D eigenvalue weighted by Crippen LogP contribution is -2.51. The molecule has 0 bridgehead atoms. The number of nitrogen functional groups attached to an aromatic ring is 1. The average molecular weight is 260 g/mol. The highest BCUT2D eigenvalue weighted by Gasteiger charge is 2.25. The van der Waals surface area contributed by atoms with Crippen molar-refractivity contribution < 1.29 is 4.42 Å². The normalized spacial score (nSPS) is 21.2. The first-order valence-corrected chi connectivity index (χ1v) is 6.82. The van der Waals surface area contributed by atoms with Crippen molar-refractivity contribution in [3.05, 3.63) is 18.2 Å². The fourth-order valence-electron chi connectivity index (χ4n) is 2.71. The van der Waals surface area contributed by atoms with Crippen LogP contribution in [0.3, 0.4) is 0 Å². The molecule has 1 saturated heterocycles. The standard InChI is InChI=1S/C14H20N4O/c1-3-17-6-7-18(9-10(17)2)14-16-12-8-11(15)4-5-13(12)19-14/h4-5,8,10H,3,6-7,9,15H2,1-2H3. The minimum atomic E-state index is 0.527. The van der Waals surface area contributed by atoms with Crippen LogP contribution in [0.15, 0.2) is 22.6 Å². The van der Waals surface area contributed by atoms with E-state index in [2.05, 4.69) is 28.6 Å². The number of fused-ring (bicyclic) bond motifs is 1. The summed E-state index contributed by atoms with van der Waals surface area (Å²) >= 11 is 0. The van der Waals surface area contributed by atoms with E-state index in [4.69, 9.17) is 10.2 Å². The number of oxazole rings is 1. The molecule has 0 aliphatic carbocycles. The Morgan fingerprint density at radius 2 is 2.26 bits per heavy atom. The maximum absolute atomic E-state index is 5.82. The molecule has 1 aliphatic rings. The summed E-state index contributed by atoms with van der Waals surface area (Å²) in [7, 11) is 0. The van der Waals surface area contributed by atoms with Gasteiger partial charge in [-0.2, -0.15) is 4.98 Å². The summed E-state index contributed by atoms with van der Waals surface area (Å²) in [5.41, 5.74) is 8.12. The number of nitrogens with two attached hydrogens (primary N) is 1. The highest BCUT2D eigenvalue weighted by atomic mass is 16.4. The number of anilines is 2. The summed E-state index contributed by atoms with van der Waals surface area (Å²) in [5.74, 6) is 0. The molecule has 0 spiro atoms. The number of piperazine rings is 1. The lowest BCUT2D eigenvalue weighted by Gasteiger charge is -2.38. The number of hydrogen-bond donors (Lipinski definition) is 1. The number of rotatable bonds is 2. The van der Waals surface area contributed by atoms with E-state index >= 15 is 0 Å². The largest absolute Gasteiger partial charge is 0.423 e. The van der Waals surface area contributed by atoms with Gasteiger partial charge in [0, 0.05) is 31.4 Å². The molecule has 3 rings (SSSR count). The maximum Gasteiger partial charge on any atom is 0.298 e. The lowest BCUT2D eigenvalue weighted by atomic mass is 10.2. The number of likely N-dealkylation sites (N-methyl/N-ethyl adjacent to an activating group) is 1. The number of benzene rings is 1. The molecule has 1 aliphatic heterocycles. The van der Waals surface area contributed by atoms with Crippen LogP contribution in [0.4, 0.5) is 11.7 Å². The van der Waals surface area contributed by atoms with E-state index < -0.39 is 0 Å². The molecule has 1 aromatic carbocycles. The van der Waals surface area contributed by atoms with Crippen LogP contribution in [0.2, 0.25) is 0 Å². The molecule has 0 radical (unpaired) electrons. The van der Waals surface area contributed by atoms with Gasteiger partial charge in [0.1, 0.15) is 5.52 Å². The summed E-state index contributed by atoms with van der Waals surface area (Å²) in [6.45, 7) is 8.51. The van der Waals surface area contributed by atoms with Gasteiger partial charge in [0.15, 0.2) is 5.58 Å². The highest BCUT2D eigenvalue weighted by molar-refractivity contribution is 5.78. The number of nitrogens with zero attached hydrogens (tertiary/aromatic N) is 3. The Morgan fingerprint density at radius 1 is 1.42 bits per heavy atom. The van der Waals surface area contributed by atoms with E-state index in [0.717, 1.165) is 43.0 Å². The van der Waals surface area contributed by atoms with Gasteiger partial charge in [-0.25, -0.2) is 0 Å². The van der Waals surface area contributed by atoms with Gasteiger partial charge in [-0.15, -0.1) is 0 Å². The van der Waals surface area contributed by atoms with Gasteiger partial charge in [-0.3, -0.25) is 4.90 Å². The minimum absolute atomic E-state index is 0.527. The first-order chi connectivity index (χ1) is 9.17. The van der Waals surface area contributed by atoms with Gasteiger partial charge in [-0.1, -0.05) is 6.92 Å². The zero-order valence-corrected chi connectivity index (χ0v) is 11.5. The fourth-order valence-corrected chi connectivity index (χ4v) is 2.71. The van der Waals surface area contributed by atoms with Crippen molar-refractivity contribution in [2.45, 2.75) is 19.9 Å². The minimum Gasteiger partial charge on any atom is -0.423 e. The Hall–Kier alpha value is -1.75. The Kier molecular flexibility index (Phi) is 3.06. The number of aromatic nitrogens is 1. The maximum atomic E-state index is 5.82. The van der Waals surface area contributed by atoms with Gasteiger partial charge in [0.05, 0.1) is 0 Å². The molecule has 19 heavy (non-hydrogen) atoms. The molecule has 0 amide bonds. The van der Waals surface area contributed by atoms with Gasteiger partial charge < -0.3 is 15.1 Å². The molecule has 5 heteroatoms. The fraction of sp³-hybridized carbons (Fsp3) is 0.500. The van der Waals surface area contributed by atoms with Crippen LogP contribution < -0.4 is 10.6 Å². The third kappa shape index (κ3) is 2.26. The molecule has 5 nitrogen and oxygen atoms in total. The van der Waals surface area contributed by atoms with E-state index in [1.807, 2.05) is 18.2 Å². The second kappa shape index (κ2) is 4.74. The quantitative estimate of drug-likeness (QED) is 0.836. The molecule has 2 N–H and O–H groups in total. The van der Waals surface area contributed by atoms with E-state index in [-0.39, 0.29) is 0 Å². The topological polar surface area (TPSA) is 58.5 Å². The van der Waals surface area contributed by atoms with E-state index in [1.54, 1.807) is 0 Å². The molecular weight excluding hydrogens is 240 g/mol. The van der Waals surface area contributed by atoms with Crippen molar-refractivity contribution in [3.63, 3.8) is 0 Å². The van der Waals surface area contributed by atoms with Crippen LogP contribution in [0.25, 0.3) is 11.1 Å². The third-order valence-electron chi connectivity index (χ3n) is 3.84. The monoisotopic (exact) mass is 260 g/mol. The van der Waals surface area contributed by atoms with Gasteiger partial charge in [0.2, 0.25) is 0 Å². The average Bonchev–Trinajstić information content (AvgIpc) is 2.81. The molecule has 2 aromatic rings. The molecule has 1 atom stereocenters. The highest BCUT2D eigenvalue weighted by Crippen LogP contribution is 2.25. The van der Waals surface area contributed by atoms with Gasteiger partial charge in [-0.05, 0) is 31.7 Å². The zero-order valence-electron chi connectivity index (χ0n) is 11.5. The molecule has 1 unspecified atom stereocenters. The summed E-state index contributed by atoms with van der Waals surface area (Å²) in [6.07, 6.45) is 0. The van der Waals surface area contributed by atoms with Crippen molar-refractivity contribution in [2.75, 3.05) is 36.8 Å². The lowest BCUT2D eigenvalue weighted by molar-refractivity contribution is 0.196.